The second-order valence-electron chi connectivity index (χ2n) is 9.79. The summed E-state index contributed by atoms with van der Waals surface area (Å²) in [5.41, 5.74) is 2.05. The minimum absolute atomic E-state index is 0.0316. The summed E-state index contributed by atoms with van der Waals surface area (Å²) in [5.74, 6) is 1.58. The van der Waals surface area contributed by atoms with E-state index in [2.05, 4.69) is 46.9 Å². The number of methoxy groups -OCH3 is 1. The van der Waals surface area contributed by atoms with Crippen LogP contribution in [0.4, 0.5) is 0 Å². The Bertz CT molecular complexity index is 818. The van der Waals surface area contributed by atoms with Crippen LogP contribution in [0.5, 0.6) is 11.5 Å². The highest BCUT2D eigenvalue weighted by atomic mass is 28.4. The largest absolute Gasteiger partial charge is 0.493 e. The Hall–Kier alpha value is -1.77. The molecule has 3 rings (SSSR count). The van der Waals surface area contributed by atoms with Gasteiger partial charge in [0.2, 0.25) is 0 Å². The SMILES string of the molecule is COc1ccc(/C=C/C#N)c2c1O[C@H]1[C@H](O[Si](C)(C)C(C)(C)C)CCC[C@@]21C. The van der Waals surface area contributed by atoms with Crippen LogP contribution >= 0.6 is 0 Å². The van der Waals surface area contributed by atoms with Gasteiger partial charge < -0.3 is 13.9 Å². The number of allylic oxidation sites excluding steroid dienone is 1. The molecule has 3 atom stereocenters. The van der Waals surface area contributed by atoms with Crippen molar-refractivity contribution in [3.8, 4) is 17.6 Å². The summed E-state index contributed by atoms with van der Waals surface area (Å²) in [6.07, 6.45) is 6.63. The van der Waals surface area contributed by atoms with Gasteiger partial charge in [0.05, 0.1) is 19.3 Å². The lowest BCUT2D eigenvalue weighted by Crippen LogP contribution is -2.54. The molecule has 1 aliphatic heterocycles. The lowest BCUT2D eigenvalue weighted by atomic mass is 9.68. The summed E-state index contributed by atoms with van der Waals surface area (Å²) >= 11 is 0. The molecule has 1 aromatic rings. The number of hydrogen-bond donors (Lipinski definition) is 0. The molecule has 0 amide bonds. The van der Waals surface area contributed by atoms with E-state index in [0.29, 0.717) is 0 Å². The standard InChI is InChI=1S/C23H33NO3Si/c1-22(2,3)28(6,7)27-18-11-8-14-23(4)19-16(10-9-15-24)12-13-17(25-5)20(19)26-21(18)23/h9-10,12-13,18,21H,8,11,14H2,1-7H3/b10-9+/t18-,21+,23+/m1/s1. The molecule has 5 heteroatoms. The number of nitriles is 1. The third kappa shape index (κ3) is 3.38. The molecule has 2 aliphatic rings. The summed E-state index contributed by atoms with van der Waals surface area (Å²) in [5, 5.41) is 9.17. The Morgan fingerprint density at radius 1 is 1.32 bits per heavy atom. The second-order valence-corrected chi connectivity index (χ2v) is 14.5. The predicted molar refractivity (Wildman–Crippen MR) is 115 cm³/mol. The minimum atomic E-state index is -1.91. The van der Waals surface area contributed by atoms with Gasteiger partial charge in [-0.15, -0.1) is 0 Å². The number of fused-ring (bicyclic) bond motifs is 3. The summed E-state index contributed by atoms with van der Waals surface area (Å²) in [6, 6.07) is 6.06. The van der Waals surface area contributed by atoms with Gasteiger partial charge in [0.1, 0.15) is 6.10 Å². The van der Waals surface area contributed by atoms with Crippen molar-refractivity contribution in [1.29, 1.82) is 5.26 Å². The van der Waals surface area contributed by atoms with Crippen LogP contribution in [-0.4, -0.2) is 27.6 Å². The van der Waals surface area contributed by atoms with Crippen LogP contribution in [0, 0.1) is 11.3 Å². The van der Waals surface area contributed by atoms with E-state index in [4.69, 9.17) is 19.2 Å². The van der Waals surface area contributed by atoms with Crippen LogP contribution in [-0.2, 0) is 9.84 Å². The van der Waals surface area contributed by atoms with Gasteiger partial charge >= 0.3 is 0 Å². The highest BCUT2D eigenvalue weighted by Gasteiger charge is 2.55. The van der Waals surface area contributed by atoms with Crippen molar-refractivity contribution in [2.45, 2.75) is 82.7 Å². The van der Waals surface area contributed by atoms with Crippen LogP contribution in [0.1, 0.15) is 58.1 Å². The summed E-state index contributed by atoms with van der Waals surface area (Å²) in [7, 11) is -0.235. The lowest BCUT2D eigenvalue weighted by molar-refractivity contribution is -0.0130. The summed E-state index contributed by atoms with van der Waals surface area (Å²) in [4.78, 5) is 0. The molecule has 28 heavy (non-hydrogen) atoms. The highest BCUT2D eigenvalue weighted by molar-refractivity contribution is 6.74. The Labute approximate surface area is 170 Å². The molecule has 0 bridgehead atoms. The molecule has 1 heterocycles. The van der Waals surface area contributed by atoms with Crippen LogP contribution in [0.3, 0.4) is 0 Å². The molecule has 0 saturated heterocycles. The van der Waals surface area contributed by atoms with Gasteiger partial charge in [-0.05, 0) is 55.1 Å². The maximum absolute atomic E-state index is 9.01. The van der Waals surface area contributed by atoms with Gasteiger partial charge in [-0.1, -0.05) is 33.8 Å². The molecule has 152 valence electrons. The van der Waals surface area contributed by atoms with Crippen LogP contribution in [0.2, 0.25) is 18.1 Å². The molecule has 0 spiro atoms. The van der Waals surface area contributed by atoms with Gasteiger partial charge in [-0.3, -0.25) is 0 Å². The van der Waals surface area contributed by atoms with Crippen molar-refractivity contribution in [1.82, 2.24) is 0 Å². The lowest BCUT2D eigenvalue weighted by Gasteiger charge is -2.46. The number of benzene rings is 1. The summed E-state index contributed by atoms with van der Waals surface area (Å²) in [6.45, 7) is 13.7. The Balaban J connectivity index is 2.04. The molecule has 0 radical (unpaired) electrons. The number of ether oxygens (including phenoxy) is 2. The van der Waals surface area contributed by atoms with Gasteiger partial charge in [-0.25, -0.2) is 0 Å². The molecular weight excluding hydrogens is 366 g/mol. The third-order valence-electron chi connectivity index (χ3n) is 6.93. The van der Waals surface area contributed by atoms with E-state index in [1.165, 1.54) is 6.08 Å². The summed E-state index contributed by atoms with van der Waals surface area (Å²) < 4.78 is 19.0. The van der Waals surface area contributed by atoms with Crippen molar-refractivity contribution < 1.29 is 13.9 Å². The van der Waals surface area contributed by atoms with Crippen LogP contribution < -0.4 is 9.47 Å². The molecule has 0 unspecified atom stereocenters. The quantitative estimate of drug-likeness (QED) is 0.472. The van der Waals surface area contributed by atoms with Gasteiger partial charge in [-0.2, -0.15) is 5.26 Å². The van der Waals surface area contributed by atoms with Crippen molar-refractivity contribution >= 4 is 14.4 Å². The zero-order valence-corrected chi connectivity index (χ0v) is 19.3. The van der Waals surface area contributed by atoms with E-state index < -0.39 is 8.32 Å². The fourth-order valence-electron chi connectivity index (χ4n) is 4.36. The van der Waals surface area contributed by atoms with Crippen molar-refractivity contribution in [3.63, 3.8) is 0 Å². The van der Waals surface area contributed by atoms with Crippen molar-refractivity contribution in [2.24, 2.45) is 0 Å². The first-order valence-corrected chi connectivity index (χ1v) is 13.1. The zero-order chi connectivity index (χ0) is 20.7. The van der Waals surface area contributed by atoms with Gasteiger partial charge in [0, 0.05) is 17.1 Å². The predicted octanol–water partition coefficient (Wildman–Crippen LogP) is 5.82. The molecular formula is C23H33NO3Si. The van der Waals surface area contributed by atoms with Gasteiger partial charge in [0.25, 0.3) is 0 Å². The van der Waals surface area contributed by atoms with Crippen molar-refractivity contribution in [2.75, 3.05) is 7.11 Å². The van der Waals surface area contributed by atoms with E-state index in [9.17, 15) is 0 Å². The van der Waals surface area contributed by atoms with E-state index >= 15 is 0 Å². The molecule has 0 aromatic heterocycles. The normalized spacial score (nSPS) is 27.1. The van der Waals surface area contributed by atoms with E-state index in [-0.39, 0.29) is 22.7 Å². The fraction of sp³-hybridized carbons (Fsp3) is 0.609. The first-order valence-electron chi connectivity index (χ1n) is 10.2. The Morgan fingerprint density at radius 3 is 2.64 bits per heavy atom. The van der Waals surface area contributed by atoms with Crippen LogP contribution in [0.25, 0.3) is 6.08 Å². The fourth-order valence-corrected chi connectivity index (χ4v) is 5.71. The first-order chi connectivity index (χ1) is 13.0. The Morgan fingerprint density at radius 2 is 2.04 bits per heavy atom. The minimum Gasteiger partial charge on any atom is -0.493 e. The second kappa shape index (κ2) is 7.24. The third-order valence-corrected chi connectivity index (χ3v) is 11.4. The van der Waals surface area contributed by atoms with E-state index in [1.54, 1.807) is 7.11 Å². The van der Waals surface area contributed by atoms with Crippen LogP contribution in [0.15, 0.2) is 18.2 Å². The first kappa shape index (κ1) is 20.9. The zero-order valence-electron chi connectivity index (χ0n) is 18.3. The van der Waals surface area contributed by atoms with Gasteiger partial charge in [0.15, 0.2) is 19.8 Å². The molecule has 1 aromatic carbocycles. The van der Waals surface area contributed by atoms with E-state index in [1.807, 2.05) is 18.2 Å². The molecule has 1 aliphatic carbocycles. The maximum Gasteiger partial charge on any atom is 0.192 e. The number of nitrogens with zero attached hydrogens (tertiary/aromatic N) is 1. The molecule has 1 saturated carbocycles. The highest BCUT2D eigenvalue weighted by Crippen LogP contribution is 2.56. The maximum atomic E-state index is 9.01. The molecule has 1 fully saturated rings. The molecule has 0 N–H and O–H groups in total. The average molecular weight is 400 g/mol. The number of hydrogen-bond acceptors (Lipinski definition) is 4. The van der Waals surface area contributed by atoms with E-state index in [0.717, 1.165) is 41.9 Å². The monoisotopic (exact) mass is 399 g/mol. The smallest absolute Gasteiger partial charge is 0.192 e. The topological polar surface area (TPSA) is 51.5 Å². The molecule has 4 nitrogen and oxygen atoms in total. The van der Waals surface area contributed by atoms with Crippen molar-refractivity contribution in [3.05, 3.63) is 29.3 Å². The average Bonchev–Trinajstić information content (AvgIpc) is 2.93. The Kier molecular flexibility index (Phi) is 5.42. The number of rotatable bonds is 4.